The lowest BCUT2D eigenvalue weighted by atomic mass is 9.99. The predicted molar refractivity (Wildman–Crippen MR) is 176 cm³/mol. The molecular weight excluding hydrogens is 520 g/mol. The second-order valence-corrected chi connectivity index (χ2v) is 10.8. The van der Waals surface area contributed by atoms with Crippen LogP contribution in [0.15, 0.2) is 38.0 Å². The molecule has 0 aliphatic carbocycles. The SMILES string of the molecule is CCC1=C(CC)C(C=c2[nH]/c(=C\c3[nH]c(/C=C4\N=C(OC)C(CC)=C4CC)c(CC)c3CC)c(CC)c2CC)=NC1=O. The number of nitrogens with zero attached hydrogens (tertiary/aromatic N) is 2. The van der Waals surface area contributed by atoms with Gasteiger partial charge >= 0.3 is 0 Å². The van der Waals surface area contributed by atoms with Crippen LogP contribution in [0.3, 0.4) is 0 Å². The molecule has 0 radical (unpaired) electrons. The highest BCUT2D eigenvalue weighted by Gasteiger charge is 2.24. The summed E-state index contributed by atoms with van der Waals surface area (Å²) in [6.45, 7) is 17.3. The van der Waals surface area contributed by atoms with Crippen molar-refractivity contribution in [1.82, 2.24) is 9.97 Å². The molecule has 224 valence electrons. The van der Waals surface area contributed by atoms with Crippen LogP contribution in [0.2, 0.25) is 0 Å². The first kappa shape index (κ1) is 31.3. The molecule has 0 bridgehead atoms. The molecule has 2 N–H and O–H groups in total. The molecule has 2 aromatic heterocycles. The highest BCUT2D eigenvalue weighted by Crippen LogP contribution is 2.33. The Balaban J connectivity index is 1.90. The van der Waals surface area contributed by atoms with Crippen molar-refractivity contribution in [3.8, 4) is 0 Å². The van der Waals surface area contributed by atoms with Crippen molar-refractivity contribution < 1.29 is 9.53 Å². The van der Waals surface area contributed by atoms with Crippen LogP contribution in [-0.2, 0) is 35.2 Å². The van der Waals surface area contributed by atoms with Crippen molar-refractivity contribution in [3.63, 3.8) is 0 Å². The maximum absolute atomic E-state index is 12.6. The quantitative estimate of drug-likeness (QED) is 0.312. The monoisotopic (exact) mass is 568 g/mol. The number of aromatic nitrogens is 2. The third-order valence-corrected chi connectivity index (χ3v) is 8.75. The molecule has 6 heteroatoms. The van der Waals surface area contributed by atoms with Crippen LogP contribution in [-0.4, -0.2) is 34.6 Å². The summed E-state index contributed by atoms with van der Waals surface area (Å²) in [5, 5.41) is 2.17. The van der Waals surface area contributed by atoms with Crippen LogP contribution < -0.4 is 10.7 Å². The molecular formula is C36H48N4O2. The molecule has 0 fully saturated rings. The number of hydrogen-bond donors (Lipinski definition) is 2. The number of aliphatic imine (C=N–C) groups is 2. The lowest BCUT2D eigenvalue weighted by molar-refractivity contribution is -0.114. The number of allylic oxidation sites excluding steroid dienone is 2. The maximum atomic E-state index is 12.6. The van der Waals surface area contributed by atoms with Gasteiger partial charge in [-0.3, -0.25) is 4.79 Å². The average Bonchev–Trinajstić information content (AvgIpc) is 3.71. The molecule has 0 atom stereocenters. The van der Waals surface area contributed by atoms with Crippen LogP contribution in [0.4, 0.5) is 0 Å². The zero-order valence-electron chi connectivity index (χ0n) is 27.1. The van der Waals surface area contributed by atoms with Crippen molar-refractivity contribution in [2.45, 2.75) is 107 Å². The number of carbonyl (C=O) groups is 1. The number of H-pyrrole nitrogens is 2. The van der Waals surface area contributed by atoms with E-state index in [2.05, 4.69) is 81.7 Å². The van der Waals surface area contributed by atoms with E-state index in [4.69, 9.17) is 9.73 Å². The summed E-state index contributed by atoms with van der Waals surface area (Å²) in [5.41, 5.74) is 13.7. The summed E-state index contributed by atoms with van der Waals surface area (Å²) in [6.07, 6.45) is 13.6. The highest BCUT2D eigenvalue weighted by molar-refractivity contribution is 6.31. The normalized spacial score (nSPS) is 17.5. The Morgan fingerprint density at radius 2 is 1.10 bits per heavy atom. The minimum atomic E-state index is -0.0863. The van der Waals surface area contributed by atoms with E-state index in [9.17, 15) is 4.79 Å². The van der Waals surface area contributed by atoms with E-state index in [1.165, 1.54) is 33.4 Å². The molecule has 0 spiro atoms. The van der Waals surface area contributed by atoms with Crippen molar-refractivity contribution >= 4 is 35.7 Å². The first-order valence-electron chi connectivity index (χ1n) is 15.9. The molecule has 2 aliphatic rings. The average molecular weight is 569 g/mol. The second-order valence-electron chi connectivity index (χ2n) is 10.8. The zero-order valence-corrected chi connectivity index (χ0v) is 27.1. The van der Waals surface area contributed by atoms with Gasteiger partial charge in [-0.05, 0) is 103 Å². The van der Waals surface area contributed by atoms with E-state index >= 15 is 0 Å². The fourth-order valence-electron chi connectivity index (χ4n) is 6.75. The van der Waals surface area contributed by atoms with Gasteiger partial charge in [0, 0.05) is 33.2 Å². The molecule has 4 heterocycles. The minimum absolute atomic E-state index is 0.0863. The van der Waals surface area contributed by atoms with Crippen LogP contribution in [0.25, 0.3) is 18.2 Å². The number of amides is 1. The molecule has 6 nitrogen and oxygen atoms in total. The molecule has 4 rings (SSSR count). The Morgan fingerprint density at radius 1 is 0.571 bits per heavy atom. The first-order chi connectivity index (χ1) is 20.3. The summed E-state index contributed by atoms with van der Waals surface area (Å²) in [4.78, 5) is 29.4. The van der Waals surface area contributed by atoms with Crippen LogP contribution in [0.1, 0.15) is 115 Å². The third kappa shape index (κ3) is 5.56. The summed E-state index contributed by atoms with van der Waals surface area (Å²) >= 11 is 0. The molecule has 0 saturated carbocycles. The third-order valence-electron chi connectivity index (χ3n) is 8.75. The number of methoxy groups -OCH3 is 1. The topological polar surface area (TPSA) is 82.6 Å². The zero-order chi connectivity index (χ0) is 30.6. The first-order valence-corrected chi connectivity index (χ1v) is 15.9. The largest absolute Gasteiger partial charge is 0.481 e. The van der Waals surface area contributed by atoms with Gasteiger partial charge < -0.3 is 14.7 Å². The van der Waals surface area contributed by atoms with E-state index in [0.29, 0.717) is 6.42 Å². The van der Waals surface area contributed by atoms with Crippen LogP contribution in [0, 0.1) is 0 Å². The number of rotatable bonds is 11. The molecule has 0 unspecified atom stereocenters. The smallest absolute Gasteiger partial charge is 0.273 e. The maximum Gasteiger partial charge on any atom is 0.273 e. The van der Waals surface area contributed by atoms with Gasteiger partial charge in [-0.15, -0.1) is 0 Å². The summed E-state index contributed by atoms with van der Waals surface area (Å²) in [6, 6.07) is 0. The van der Waals surface area contributed by atoms with E-state index in [1.54, 1.807) is 7.11 Å². The molecule has 0 saturated heterocycles. The molecule has 1 amide bonds. The Morgan fingerprint density at radius 3 is 1.60 bits per heavy atom. The molecule has 0 aromatic carbocycles. The number of carbonyl (C=O) groups excluding carboxylic acids is 1. The fourth-order valence-corrected chi connectivity index (χ4v) is 6.75. The number of hydrogen-bond acceptors (Lipinski definition) is 3. The lowest BCUT2D eigenvalue weighted by Gasteiger charge is -2.05. The molecule has 2 aliphatic heterocycles. The van der Waals surface area contributed by atoms with Crippen LogP contribution >= 0.6 is 0 Å². The van der Waals surface area contributed by atoms with E-state index in [1.807, 2.05) is 6.92 Å². The standard InChI is InChI=1S/C36H48N4O2/c1-10-21-23(12-3)31(19-33-25(14-5)27(16-7)35(41)39-33)37-29(21)18-30-22(11-2)24(13-4)32(38-30)20-34-26(15-6)28(17-8)36(40-34)42-9/h18-20,37-38H,10-17H2,1-9H3/b29-18-,31-19?,34-20-. The predicted octanol–water partition coefficient (Wildman–Crippen LogP) is 6.82. The summed E-state index contributed by atoms with van der Waals surface area (Å²) < 4.78 is 5.63. The van der Waals surface area contributed by atoms with Gasteiger partial charge in [-0.2, -0.15) is 0 Å². The summed E-state index contributed by atoms with van der Waals surface area (Å²) in [7, 11) is 1.70. The Hall–Kier alpha value is -3.67. The van der Waals surface area contributed by atoms with Gasteiger partial charge in [-0.25, -0.2) is 9.98 Å². The van der Waals surface area contributed by atoms with E-state index in [0.717, 1.165) is 95.5 Å². The lowest BCUT2D eigenvalue weighted by Crippen LogP contribution is -2.15. The Labute approximate surface area is 251 Å². The van der Waals surface area contributed by atoms with E-state index in [-0.39, 0.29) is 5.91 Å². The summed E-state index contributed by atoms with van der Waals surface area (Å²) in [5.74, 6) is 0.653. The van der Waals surface area contributed by atoms with Gasteiger partial charge in [0.05, 0.1) is 18.5 Å². The Bertz CT molecular complexity index is 1650. The van der Waals surface area contributed by atoms with Gasteiger partial charge in [0.1, 0.15) is 0 Å². The van der Waals surface area contributed by atoms with Gasteiger partial charge in [0.25, 0.3) is 5.91 Å². The number of ether oxygens (including phenoxy) is 1. The minimum Gasteiger partial charge on any atom is -0.481 e. The van der Waals surface area contributed by atoms with E-state index < -0.39 is 0 Å². The van der Waals surface area contributed by atoms with Gasteiger partial charge in [-0.1, -0.05) is 55.4 Å². The highest BCUT2D eigenvalue weighted by atomic mass is 16.5. The van der Waals surface area contributed by atoms with Crippen molar-refractivity contribution in [1.29, 1.82) is 0 Å². The van der Waals surface area contributed by atoms with Gasteiger partial charge in [0.2, 0.25) is 5.90 Å². The van der Waals surface area contributed by atoms with Crippen molar-refractivity contribution in [3.05, 3.63) is 72.3 Å². The van der Waals surface area contributed by atoms with Gasteiger partial charge in [0.15, 0.2) is 0 Å². The second kappa shape index (κ2) is 13.5. The molecule has 42 heavy (non-hydrogen) atoms. The fraction of sp³-hybridized carbons (Fsp3) is 0.472. The van der Waals surface area contributed by atoms with Crippen LogP contribution in [0.5, 0.6) is 0 Å². The number of aromatic amines is 2. The number of nitrogens with one attached hydrogen (secondary N) is 2. The molecule has 2 aromatic rings. The van der Waals surface area contributed by atoms with Crippen molar-refractivity contribution in [2.75, 3.05) is 7.11 Å². The van der Waals surface area contributed by atoms with Crippen molar-refractivity contribution in [2.24, 2.45) is 9.98 Å². The Kier molecular flexibility index (Phi) is 10.1.